The smallest absolute Gasteiger partial charge is 0.311 e. The molecule has 1 aromatic carbocycles. The van der Waals surface area contributed by atoms with E-state index in [9.17, 15) is 14.7 Å². The highest BCUT2D eigenvalue weighted by Crippen LogP contribution is 2.40. The summed E-state index contributed by atoms with van der Waals surface area (Å²) in [5, 5.41) is 20.9. The first-order valence-corrected chi connectivity index (χ1v) is 6.90. The summed E-state index contributed by atoms with van der Waals surface area (Å²) < 4.78 is 0. The second kappa shape index (κ2) is 5.57. The third kappa shape index (κ3) is 3.22. The van der Waals surface area contributed by atoms with Crippen LogP contribution in [0, 0.1) is 22.7 Å². The Balaban J connectivity index is 2.15. The number of amides is 1. The van der Waals surface area contributed by atoms with E-state index in [0.717, 1.165) is 12.8 Å². The van der Waals surface area contributed by atoms with Gasteiger partial charge in [-0.05, 0) is 56.9 Å². The van der Waals surface area contributed by atoms with E-state index in [1.54, 1.807) is 38.1 Å². The minimum Gasteiger partial charge on any atom is -0.481 e. The molecule has 0 aliphatic heterocycles. The molecule has 0 spiro atoms. The quantitative estimate of drug-likeness (QED) is 0.868. The van der Waals surface area contributed by atoms with E-state index in [-0.39, 0.29) is 11.8 Å². The molecule has 1 fully saturated rings. The number of carboxylic acids is 1. The average Bonchev–Trinajstić information content (AvgIpc) is 3.28. The number of nitrogens with one attached hydrogen (secondary N) is 1. The third-order valence-electron chi connectivity index (χ3n) is 3.98. The fourth-order valence-corrected chi connectivity index (χ4v) is 2.37. The normalized spacial score (nSPS) is 15.9. The molecule has 1 aliphatic rings. The highest BCUT2D eigenvalue weighted by atomic mass is 16.4. The molecule has 1 aromatic rings. The summed E-state index contributed by atoms with van der Waals surface area (Å²) in [5.41, 5.74) is -0.0966. The molecular weight excluding hydrogens is 268 g/mol. The SMILES string of the molecule is CC(C)(C(=O)O)C(NC(=O)c1ccc(C#N)cc1)C1CC1. The van der Waals surface area contributed by atoms with Crippen molar-refractivity contribution >= 4 is 11.9 Å². The van der Waals surface area contributed by atoms with E-state index in [4.69, 9.17) is 5.26 Å². The van der Waals surface area contributed by atoms with Gasteiger partial charge in [0.05, 0.1) is 17.0 Å². The number of hydrogen-bond acceptors (Lipinski definition) is 3. The molecule has 110 valence electrons. The van der Waals surface area contributed by atoms with E-state index in [1.165, 1.54) is 0 Å². The number of carbonyl (C=O) groups excluding carboxylic acids is 1. The van der Waals surface area contributed by atoms with Gasteiger partial charge in [-0.15, -0.1) is 0 Å². The molecule has 1 amide bonds. The minimum atomic E-state index is -1.01. The second-order valence-corrected chi connectivity index (χ2v) is 6.00. The van der Waals surface area contributed by atoms with Crippen LogP contribution >= 0.6 is 0 Å². The van der Waals surface area contributed by atoms with Crippen LogP contribution in [0.5, 0.6) is 0 Å². The van der Waals surface area contributed by atoms with E-state index in [1.807, 2.05) is 6.07 Å². The molecule has 0 radical (unpaired) electrons. The van der Waals surface area contributed by atoms with Crippen LogP contribution in [-0.4, -0.2) is 23.0 Å². The first-order valence-electron chi connectivity index (χ1n) is 6.90. The molecule has 1 atom stereocenters. The minimum absolute atomic E-state index is 0.221. The number of nitriles is 1. The van der Waals surface area contributed by atoms with E-state index in [2.05, 4.69) is 5.32 Å². The summed E-state index contributed by atoms with van der Waals surface area (Å²) >= 11 is 0. The molecule has 21 heavy (non-hydrogen) atoms. The van der Waals surface area contributed by atoms with Crippen molar-refractivity contribution in [3.63, 3.8) is 0 Å². The van der Waals surface area contributed by atoms with Gasteiger partial charge < -0.3 is 10.4 Å². The van der Waals surface area contributed by atoms with Crippen LogP contribution in [0.2, 0.25) is 0 Å². The third-order valence-corrected chi connectivity index (χ3v) is 3.98. The molecule has 0 heterocycles. The Labute approximate surface area is 123 Å². The van der Waals surface area contributed by atoms with Crippen molar-refractivity contribution in [1.29, 1.82) is 5.26 Å². The standard InChI is InChI=1S/C16H18N2O3/c1-16(2,15(20)21)13(11-7-8-11)18-14(19)12-5-3-10(9-17)4-6-12/h3-6,11,13H,7-8H2,1-2H3,(H,18,19)(H,20,21). The predicted molar refractivity (Wildman–Crippen MR) is 76.6 cm³/mol. The van der Waals surface area contributed by atoms with Gasteiger partial charge in [-0.2, -0.15) is 5.26 Å². The molecule has 0 bridgehead atoms. The molecule has 5 heteroatoms. The Morgan fingerprint density at radius 1 is 1.33 bits per heavy atom. The van der Waals surface area contributed by atoms with Crippen LogP contribution in [0.1, 0.15) is 42.6 Å². The van der Waals surface area contributed by atoms with Gasteiger partial charge in [0.25, 0.3) is 5.91 Å². The summed E-state index contributed by atoms with van der Waals surface area (Å²) in [6.45, 7) is 3.27. The fraction of sp³-hybridized carbons (Fsp3) is 0.438. The zero-order valence-electron chi connectivity index (χ0n) is 12.1. The number of aliphatic carboxylic acids is 1. The number of rotatable bonds is 5. The summed E-state index contributed by atoms with van der Waals surface area (Å²) in [4.78, 5) is 23.7. The van der Waals surface area contributed by atoms with Crippen LogP contribution in [0.3, 0.4) is 0 Å². The van der Waals surface area contributed by atoms with Crippen LogP contribution in [0.4, 0.5) is 0 Å². The lowest BCUT2D eigenvalue weighted by Crippen LogP contribution is -2.50. The van der Waals surface area contributed by atoms with Gasteiger partial charge in [0.15, 0.2) is 0 Å². The maximum absolute atomic E-state index is 12.3. The van der Waals surface area contributed by atoms with Crippen molar-refractivity contribution in [1.82, 2.24) is 5.32 Å². The zero-order chi connectivity index (χ0) is 15.6. The lowest BCUT2D eigenvalue weighted by atomic mass is 9.81. The average molecular weight is 286 g/mol. The first kappa shape index (κ1) is 15.0. The molecule has 1 unspecified atom stereocenters. The van der Waals surface area contributed by atoms with Gasteiger partial charge in [0.1, 0.15) is 0 Å². The molecule has 5 nitrogen and oxygen atoms in total. The topological polar surface area (TPSA) is 90.2 Å². The van der Waals surface area contributed by atoms with Gasteiger partial charge in [-0.25, -0.2) is 0 Å². The Morgan fingerprint density at radius 3 is 2.33 bits per heavy atom. The van der Waals surface area contributed by atoms with Crippen molar-refractivity contribution in [3.05, 3.63) is 35.4 Å². The van der Waals surface area contributed by atoms with Gasteiger partial charge in [-0.1, -0.05) is 0 Å². The Hall–Kier alpha value is -2.35. The van der Waals surface area contributed by atoms with Crippen molar-refractivity contribution in [2.75, 3.05) is 0 Å². The van der Waals surface area contributed by atoms with Crippen molar-refractivity contribution < 1.29 is 14.7 Å². The van der Waals surface area contributed by atoms with Gasteiger partial charge >= 0.3 is 5.97 Å². The van der Waals surface area contributed by atoms with Crippen molar-refractivity contribution in [2.24, 2.45) is 11.3 Å². The zero-order valence-corrected chi connectivity index (χ0v) is 12.1. The second-order valence-electron chi connectivity index (χ2n) is 6.00. The van der Waals surface area contributed by atoms with Crippen molar-refractivity contribution in [3.8, 4) is 6.07 Å². The molecule has 1 saturated carbocycles. The molecular formula is C16H18N2O3. The number of carbonyl (C=O) groups is 2. The van der Waals surface area contributed by atoms with Crippen LogP contribution in [-0.2, 0) is 4.79 Å². The van der Waals surface area contributed by atoms with Gasteiger partial charge in [0, 0.05) is 11.6 Å². The summed E-state index contributed by atoms with van der Waals surface area (Å²) in [7, 11) is 0. The summed E-state index contributed by atoms with van der Waals surface area (Å²) in [6.07, 6.45) is 1.88. The summed E-state index contributed by atoms with van der Waals surface area (Å²) in [6, 6.07) is 7.90. The van der Waals surface area contributed by atoms with Crippen molar-refractivity contribution in [2.45, 2.75) is 32.7 Å². The molecule has 0 saturated heterocycles. The number of carboxylic acid groups (broad SMARTS) is 1. The predicted octanol–water partition coefficient (Wildman–Crippen LogP) is 2.18. The molecule has 0 aromatic heterocycles. The monoisotopic (exact) mass is 286 g/mol. The Morgan fingerprint density at radius 2 is 1.90 bits per heavy atom. The number of benzene rings is 1. The lowest BCUT2D eigenvalue weighted by molar-refractivity contribution is -0.148. The Kier molecular flexibility index (Phi) is 3.99. The van der Waals surface area contributed by atoms with Gasteiger partial charge in [-0.3, -0.25) is 9.59 Å². The highest BCUT2D eigenvalue weighted by Gasteiger charge is 2.46. The molecule has 2 rings (SSSR count). The number of nitrogens with zero attached hydrogens (tertiary/aromatic N) is 1. The molecule has 2 N–H and O–H groups in total. The van der Waals surface area contributed by atoms with E-state index >= 15 is 0 Å². The van der Waals surface area contributed by atoms with E-state index in [0.29, 0.717) is 11.1 Å². The highest BCUT2D eigenvalue weighted by molar-refractivity contribution is 5.95. The maximum atomic E-state index is 12.3. The largest absolute Gasteiger partial charge is 0.481 e. The first-order chi connectivity index (χ1) is 9.86. The van der Waals surface area contributed by atoms with Crippen LogP contribution in [0.25, 0.3) is 0 Å². The van der Waals surface area contributed by atoms with Crippen LogP contribution in [0.15, 0.2) is 24.3 Å². The summed E-state index contributed by atoms with van der Waals surface area (Å²) in [5.74, 6) is -0.997. The number of hydrogen-bond donors (Lipinski definition) is 2. The lowest BCUT2D eigenvalue weighted by Gasteiger charge is -2.31. The maximum Gasteiger partial charge on any atom is 0.311 e. The van der Waals surface area contributed by atoms with Crippen LogP contribution < -0.4 is 5.32 Å². The van der Waals surface area contributed by atoms with E-state index < -0.39 is 17.4 Å². The fourth-order valence-electron chi connectivity index (χ4n) is 2.37. The molecule has 1 aliphatic carbocycles. The van der Waals surface area contributed by atoms with Gasteiger partial charge in [0.2, 0.25) is 0 Å². The Bertz CT molecular complexity index is 595.